The molecule has 0 aliphatic carbocycles. The first kappa shape index (κ1) is 11.7. The van der Waals surface area contributed by atoms with Gasteiger partial charge in [-0.05, 0) is 13.8 Å². The van der Waals surface area contributed by atoms with Gasteiger partial charge in [0.15, 0.2) is 0 Å². The number of nitrogens with zero attached hydrogens (tertiary/aromatic N) is 1. The molecule has 1 aliphatic heterocycles. The monoisotopic (exact) mass is 218 g/mol. The van der Waals surface area contributed by atoms with Crippen LogP contribution in [0.4, 0.5) is 0 Å². The van der Waals surface area contributed by atoms with Crippen molar-refractivity contribution in [3.8, 4) is 0 Å². The third-order valence-electron chi connectivity index (χ3n) is 2.55. The van der Waals surface area contributed by atoms with Crippen molar-refractivity contribution in [2.75, 3.05) is 31.1 Å². The summed E-state index contributed by atoms with van der Waals surface area (Å²) in [6, 6.07) is 0. The summed E-state index contributed by atoms with van der Waals surface area (Å²) in [5, 5.41) is 0. The normalized spacial score (nSPS) is 19.8. The molecule has 0 spiro atoms. The molecule has 0 saturated carbocycles. The predicted molar refractivity (Wildman–Crippen MR) is 57.3 cm³/mol. The standard InChI is InChI=1S/C9H18N2O2S/c1-9(2,7-10)8(12)11-3-5-14(13)6-4-11/h3-7,10H2,1-2H3. The Morgan fingerprint density at radius 2 is 1.93 bits per heavy atom. The zero-order valence-corrected chi connectivity index (χ0v) is 9.60. The summed E-state index contributed by atoms with van der Waals surface area (Å²) in [5.41, 5.74) is 5.05. The smallest absolute Gasteiger partial charge is 0.229 e. The SMILES string of the molecule is CC(C)(CN)C(=O)N1CCS(=O)CC1. The molecule has 0 aromatic rings. The molecular weight excluding hydrogens is 200 g/mol. The van der Waals surface area contributed by atoms with Gasteiger partial charge in [-0.1, -0.05) is 0 Å². The van der Waals surface area contributed by atoms with Gasteiger partial charge < -0.3 is 10.6 Å². The Kier molecular flexibility index (Phi) is 3.66. The van der Waals surface area contributed by atoms with Crippen molar-refractivity contribution in [2.45, 2.75) is 13.8 Å². The Morgan fingerprint density at radius 3 is 2.36 bits per heavy atom. The molecule has 0 unspecified atom stereocenters. The van der Waals surface area contributed by atoms with Crippen molar-refractivity contribution in [2.24, 2.45) is 11.1 Å². The largest absolute Gasteiger partial charge is 0.340 e. The Hall–Kier alpha value is -0.420. The van der Waals surface area contributed by atoms with Gasteiger partial charge in [-0.25, -0.2) is 0 Å². The molecule has 0 aromatic heterocycles. The van der Waals surface area contributed by atoms with Crippen LogP contribution in [0.1, 0.15) is 13.8 Å². The Labute approximate surface area is 87.3 Å². The van der Waals surface area contributed by atoms with Crippen LogP contribution < -0.4 is 5.73 Å². The molecule has 82 valence electrons. The van der Waals surface area contributed by atoms with Gasteiger partial charge in [0.05, 0.1) is 5.41 Å². The lowest BCUT2D eigenvalue weighted by atomic mass is 9.92. The zero-order chi connectivity index (χ0) is 10.8. The highest BCUT2D eigenvalue weighted by molar-refractivity contribution is 7.85. The van der Waals surface area contributed by atoms with Gasteiger partial charge in [-0.15, -0.1) is 0 Å². The predicted octanol–water partition coefficient (Wildman–Crippen LogP) is -0.438. The van der Waals surface area contributed by atoms with Crippen LogP contribution in [0.15, 0.2) is 0 Å². The van der Waals surface area contributed by atoms with Crippen molar-refractivity contribution in [3.05, 3.63) is 0 Å². The Balaban J connectivity index is 2.58. The van der Waals surface area contributed by atoms with Crippen molar-refractivity contribution >= 4 is 16.7 Å². The molecule has 5 heteroatoms. The molecule has 1 rings (SSSR count). The van der Waals surface area contributed by atoms with Crippen molar-refractivity contribution in [3.63, 3.8) is 0 Å². The van der Waals surface area contributed by atoms with Gasteiger partial charge >= 0.3 is 0 Å². The second-order valence-electron chi connectivity index (χ2n) is 4.23. The fourth-order valence-corrected chi connectivity index (χ4v) is 2.41. The van der Waals surface area contributed by atoms with E-state index in [-0.39, 0.29) is 5.91 Å². The summed E-state index contributed by atoms with van der Waals surface area (Å²) < 4.78 is 11.1. The maximum Gasteiger partial charge on any atom is 0.229 e. The van der Waals surface area contributed by atoms with E-state index in [1.165, 1.54) is 0 Å². The molecule has 0 bridgehead atoms. The second-order valence-corrected chi connectivity index (χ2v) is 5.92. The fraction of sp³-hybridized carbons (Fsp3) is 0.889. The van der Waals surface area contributed by atoms with E-state index in [9.17, 15) is 9.00 Å². The highest BCUT2D eigenvalue weighted by Crippen LogP contribution is 2.18. The number of carbonyl (C=O) groups excluding carboxylic acids is 1. The van der Waals surface area contributed by atoms with Gasteiger partial charge in [0, 0.05) is 41.9 Å². The van der Waals surface area contributed by atoms with E-state index in [4.69, 9.17) is 5.73 Å². The summed E-state index contributed by atoms with van der Waals surface area (Å²) in [4.78, 5) is 13.7. The van der Waals surface area contributed by atoms with Gasteiger partial charge in [-0.3, -0.25) is 9.00 Å². The quantitative estimate of drug-likeness (QED) is 0.683. The van der Waals surface area contributed by atoms with E-state index >= 15 is 0 Å². The third kappa shape index (κ3) is 2.54. The fourth-order valence-electron chi connectivity index (χ4n) is 1.36. The van der Waals surface area contributed by atoms with Crippen LogP contribution in [0.3, 0.4) is 0 Å². The van der Waals surface area contributed by atoms with Gasteiger partial charge in [0.1, 0.15) is 0 Å². The lowest BCUT2D eigenvalue weighted by molar-refractivity contribution is -0.139. The highest BCUT2D eigenvalue weighted by atomic mass is 32.2. The number of hydrogen-bond acceptors (Lipinski definition) is 3. The molecule has 1 aliphatic rings. The summed E-state index contributed by atoms with van der Waals surface area (Å²) in [6.07, 6.45) is 0. The summed E-state index contributed by atoms with van der Waals surface area (Å²) >= 11 is 0. The molecule has 0 atom stereocenters. The third-order valence-corrected chi connectivity index (χ3v) is 3.83. The van der Waals surface area contributed by atoms with E-state index in [1.807, 2.05) is 13.8 Å². The Morgan fingerprint density at radius 1 is 1.43 bits per heavy atom. The topological polar surface area (TPSA) is 63.4 Å². The summed E-state index contributed by atoms with van der Waals surface area (Å²) in [7, 11) is -0.731. The van der Waals surface area contributed by atoms with E-state index in [1.54, 1.807) is 4.90 Å². The average Bonchev–Trinajstić information content (AvgIpc) is 2.18. The number of amides is 1. The van der Waals surface area contributed by atoms with E-state index in [2.05, 4.69) is 0 Å². The van der Waals surface area contributed by atoms with Crippen LogP contribution in [-0.4, -0.2) is 46.2 Å². The first-order chi connectivity index (χ1) is 6.47. The van der Waals surface area contributed by atoms with Crippen molar-refractivity contribution in [1.29, 1.82) is 0 Å². The number of hydrogen-bond donors (Lipinski definition) is 1. The first-order valence-electron chi connectivity index (χ1n) is 4.82. The van der Waals surface area contributed by atoms with Gasteiger partial charge in [0.25, 0.3) is 0 Å². The number of rotatable bonds is 2. The number of nitrogens with two attached hydrogens (primary N) is 1. The van der Waals surface area contributed by atoms with Crippen molar-refractivity contribution in [1.82, 2.24) is 4.90 Å². The molecular formula is C9H18N2O2S. The molecule has 1 saturated heterocycles. The number of carbonyl (C=O) groups is 1. The van der Waals surface area contributed by atoms with Gasteiger partial charge in [0.2, 0.25) is 5.91 Å². The van der Waals surface area contributed by atoms with E-state index in [0.717, 1.165) is 0 Å². The summed E-state index contributed by atoms with van der Waals surface area (Å²) in [5.74, 6) is 1.29. The maximum atomic E-state index is 11.9. The van der Waals surface area contributed by atoms with Crippen LogP contribution in [-0.2, 0) is 15.6 Å². The highest BCUT2D eigenvalue weighted by Gasteiger charge is 2.32. The second kappa shape index (κ2) is 4.40. The van der Waals surface area contributed by atoms with Crippen LogP contribution in [0.25, 0.3) is 0 Å². The van der Waals surface area contributed by atoms with Crippen molar-refractivity contribution < 1.29 is 9.00 Å². The lowest BCUT2D eigenvalue weighted by Gasteiger charge is -2.33. The lowest BCUT2D eigenvalue weighted by Crippen LogP contribution is -2.49. The van der Waals surface area contributed by atoms with Crippen LogP contribution in [0.5, 0.6) is 0 Å². The first-order valence-corrected chi connectivity index (χ1v) is 6.30. The Bertz CT molecular complexity index is 243. The molecule has 1 heterocycles. The molecule has 2 N–H and O–H groups in total. The molecule has 14 heavy (non-hydrogen) atoms. The molecule has 1 amide bonds. The molecule has 1 fully saturated rings. The molecule has 0 radical (unpaired) electrons. The minimum Gasteiger partial charge on any atom is -0.340 e. The summed E-state index contributed by atoms with van der Waals surface area (Å²) in [6.45, 7) is 5.26. The average molecular weight is 218 g/mol. The van der Waals surface area contributed by atoms with E-state index < -0.39 is 16.2 Å². The maximum absolute atomic E-state index is 11.9. The zero-order valence-electron chi connectivity index (χ0n) is 8.78. The molecule has 0 aromatic carbocycles. The minimum absolute atomic E-state index is 0.0803. The van der Waals surface area contributed by atoms with E-state index in [0.29, 0.717) is 31.1 Å². The van der Waals surface area contributed by atoms with Crippen LogP contribution in [0.2, 0.25) is 0 Å². The van der Waals surface area contributed by atoms with Crippen LogP contribution >= 0.6 is 0 Å². The van der Waals surface area contributed by atoms with Gasteiger partial charge in [-0.2, -0.15) is 0 Å². The van der Waals surface area contributed by atoms with Crippen LogP contribution in [0, 0.1) is 5.41 Å². The molecule has 4 nitrogen and oxygen atoms in total. The minimum atomic E-state index is -0.731.